The zero-order chi connectivity index (χ0) is 12.8. The molecule has 1 aromatic rings. The van der Waals surface area contributed by atoms with E-state index >= 15 is 0 Å². The van der Waals surface area contributed by atoms with Crippen molar-refractivity contribution in [2.45, 2.75) is 20.8 Å². The lowest BCUT2D eigenvalue weighted by Crippen LogP contribution is -2.32. The first kappa shape index (κ1) is 14.6. The van der Waals surface area contributed by atoms with Crippen LogP contribution < -0.4 is 0 Å². The third-order valence-corrected chi connectivity index (χ3v) is 3.32. The molecule has 0 spiro atoms. The molecule has 0 saturated carbocycles. The second-order valence-corrected chi connectivity index (χ2v) is 5.90. The number of Topliss-reactive ketones (excluding diaryl/α,β-unsaturated/α-hetero) is 1. The predicted octanol–water partition coefficient (Wildman–Crippen LogP) is 3.45. The fourth-order valence-electron chi connectivity index (χ4n) is 1.75. The minimum atomic E-state index is 0.212. The summed E-state index contributed by atoms with van der Waals surface area (Å²) in [4.78, 5) is 14.3. The number of ketones is 1. The molecule has 1 rings (SSSR count). The smallest absolute Gasteiger partial charge is 0.176 e. The van der Waals surface area contributed by atoms with Gasteiger partial charge in [0, 0.05) is 15.7 Å². The number of carbonyl (C=O) groups is 1. The molecule has 0 heterocycles. The highest BCUT2D eigenvalue weighted by Gasteiger charge is 2.12. The Kier molecular flexibility index (Phi) is 6.12. The van der Waals surface area contributed by atoms with Crippen molar-refractivity contribution < 1.29 is 4.79 Å². The van der Waals surface area contributed by atoms with Gasteiger partial charge in [0.15, 0.2) is 5.78 Å². The van der Waals surface area contributed by atoms with Crippen LogP contribution >= 0.6 is 22.6 Å². The van der Waals surface area contributed by atoms with Crippen LogP contribution in [0.25, 0.3) is 0 Å². The quantitative estimate of drug-likeness (QED) is 0.581. The summed E-state index contributed by atoms with van der Waals surface area (Å²) in [6.45, 7) is 8.88. The third-order valence-electron chi connectivity index (χ3n) is 2.60. The zero-order valence-electron chi connectivity index (χ0n) is 10.7. The molecule has 0 atom stereocenters. The first-order valence-electron chi connectivity index (χ1n) is 6.04. The summed E-state index contributed by atoms with van der Waals surface area (Å²) < 4.78 is 1.16. The highest BCUT2D eigenvalue weighted by Crippen LogP contribution is 2.08. The summed E-state index contributed by atoms with van der Waals surface area (Å²) in [5, 5.41) is 0. The number of halogens is 1. The van der Waals surface area contributed by atoms with E-state index in [1.54, 1.807) is 0 Å². The second kappa shape index (κ2) is 7.11. The molecule has 0 fully saturated rings. The number of hydrogen-bond acceptors (Lipinski definition) is 2. The molecule has 0 aromatic heterocycles. The Morgan fingerprint density at radius 1 is 1.29 bits per heavy atom. The van der Waals surface area contributed by atoms with Crippen molar-refractivity contribution >= 4 is 28.4 Å². The van der Waals surface area contributed by atoms with E-state index in [2.05, 4.69) is 48.3 Å². The Morgan fingerprint density at radius 2 is 1.88 bits per heavy atom. The van der Waals surface area contributed by atoms with Crippen molar-refractivity contribution in [3.05, 3.63) is 33.4 Å². The van der Waals surface area contributed by atoms with E-state index in [0.29, 0.717) is 12.5 Å². The van der Waals surface area contributed by atoms with E-state index in [9.17, 15) is 4.79 Å². The Hall–Kier alpha value is -0.420. The maximum atomic E-state index is 12.1. The van der Waals surface area contributed by atoms with Gasteiger partial charge in [-0.25, -0.2) is 0 Å². The van der Waals surface area contributed by atoms with Gasteiger partial charge in [-0.05, 0) is 47.2 Å². The first-order chi connectivity index (χ1) is 8.02. The van der Waals surface area contributed by atoms with Crippen molar-refractivity contribution in [2.24, 2.45) is 5.92 Å². The van der Waals surface area contributed by atoms with E-state index in [0.717, 1.165) is 22.2 Å². The molecule has 0 aliphatic heterocycles. The summed E-state index contributed by atoms with van der Waals surface area (Å²) in [5.41, 5.74) is 0.813. The van der Waals surface area contributed by atoms with Crippen molar-refractivity contribution in [3.63, 3.8) is 0 Å². The molecule has 17 heavy (non-hydrogen) atoms. The molecule has 0 aliphatic rings. The van der Waals surface area contributed by atoms with E-state index in [1.165, 1.54) is 0 Å². The molecular formula is C14H20INO. The lowest BCUT2D eigenvalue weighted by Gasteiger charge is -2.21. The Labute approximate surface area is 118 Å². The van der Waals surface area contributed by atoms with E-state index in [-0.39, 0.29) is 5.78 Å². The van der Waals surface area contributed by atoms with Crippen LogP contribution in [0.2, 0.25) is 0 Å². The van der Waals surface area contributed by atoms with Crippen molar-refractivity contribution in [2.75, 3.05) is 19.6 Å². The molecule has 3 heteroatoms. The summed E-state index contributed by atoms with van der Waals surface area (Å²) in [6.07, 6.45) is 0. The molecule has 0 unspecified atom stereocenters. The monoisotopic (exact) mass is 345 g/mol. The zero-order valence-corrected chi connectivity index (χ0v) is 12.9. The number of benzene rings is 1. The van der Waals surface area contributed by atoms with Gasteiger partial charge >= 0.3 is 0 Å². The van der Waals surface area contributed by atoms with Crippen LogP contribution in [0.1, 0.15) is 31.1 Å². The second-order valence-electron chi connectivity index (χ2n) is 4.65. The van der Waals surface area contributed by atoms with Gasteiger partial charge < -0.3 is 0 Å². The number of carbonyl (C=O) groups excluding carboxylic acids is 1. The molecule has 2 nitrogen and oxygen atoms in total. The minimum Gasteiger partial charge on any atom is -0.296 e. The molecule has 1 aromatic carbocycles. The fourth-order valence-corrected chi connectivity index (χ4v) is 2.11. The number of likely N-dealkylation sites (N-methyl/N-ethyl adjacent to an activating group) is 1. The van der Waals surface area contributed by atoms with Crippen LogP contribution in [0.3, 0.4) is 0 Å². The van der Waals surface area contributed by atoms with E-state index in [1.807, 2.05) is 24.3 Å². The van der Waals surface area contributed by atoms with Crippen LogP contribution in [0.4, 0.5) is 0 Å². The molecule has 0 saturated heterocycles. The summed E-state index contributed by atoms with van der Waals surface area (Å²) >= 11 is 2.25. The molecule has 0 radical (unpaired) electrons. The van der Waals surface area contributed by atoms with Gasteiger partial charge in [0.05, 0.1) is 6.54 Å². The third kappa shape index (κ3) is 5.17. The Balaban J connectivity index is 2.61. The van der Waals surface area contributed by atoms with Crippen molar-refractivity contribution in [3.8, 4) is 0 Å². The normalized spacial score (nSPS) is 11.2. The van der Waals surface area contributed by atoms with Gasteiger partial charge in [-0.1, -0.05) is 32.9 Å². The van der Waals surface area contributed by atoms with Gasteiger partial charge in [-0.2, -0.15) is 0 Å². The summed E-state index contributed by atoms with van der Waals surface area (Å²) in [5.74, 6) is 0.809. The van der Waals surface area contributed by atoms with Gasteiger partial charge in [0.1, 0.15) is 0 Å². The molecule has 0 bridgehead atoms. The first-order valence-corrected chi connectivity index (χ1v) is 7.12. The number of nitrogens with zero attached hydrogens (tertiary/aromatic N) is 1. The van der Waals surface area contributed by atoms with Crippen LogP contribution in [0.5, 0.6) is 0 Å². The van der Waals surface area contributed by atoms with E-state index in [4.69, 9.17) is 0 Å². The highest BCUT2D eigenvalue weighted by molar-refractivity contribution is 14.1. The van der Waals surface area contributed by atoms with Gasteiger partial charge in [0.25, 0.3) is 0 Å². The molecular weight excluding hydrogens is 325 g/mol. The number of rotatable bonds is 6. The maximum Gasteiger partial charge on any atom is 0.176 e. The van der Waals surface area contributed by atoms with Crippen LogP contribution in [0.15, 0.2) is 24.3 Å². The topological polar surface area (TPSA) is 20.3 Å². The summed E-state index contributed by atoms with van der Waals surface area (Å²) in [7, 11) is 0. The van der Waals surface area contributed by atoms with Gasteiger partial charge in [0.2, 0.25) is 0 Å². The van der Waals surface area contributed by atoms with Crippen LogP contribution in [-0.4, -0.2) is 30.3 Å². The lowest BCUT2D eigenvalue weighted by molar-refractivity contribution is 0.0926. The maximum absolute atomic E-state index is 12.1. The summed E-state index contributed by atoms with van der Waals surface area (Å²) in [6, 6.07) is 7.78. The average molecular weight is 345 g/mol. The van der Waals surface area contributed by atoms with Crippen LogP contribution in [0, 0.1) is 9.49 Å². The van der Waals surface area contributed by atoms with Crippen molar-refractivity contribution in [1.29, 1.82) is 0 Å². The van der Waals surface area contributed by atoms with Gasteiger partial charge in [-0.3, -0.25) is 9.69 Å². The Bertz CT molecular complexity index is 359. The SMILES string of the molecule is CCN(CC(=O)c1ccc(I)cc1)CC(C)C. The molecule has 0 aliphatic carbocycles. The molecule has 0 N–H and O–H groups in total. The van der Waals surface area contributed by atoms with Crippen LogP contribution in [-0.2, 0) is 0 Å². The standard InChI is InChI=1S/C14H20INO/c1-4-16(9-11(2)3)10-14(17)12-5-7-13(15)8-6-12/h5-8,11H,4,9-10H2,1-3H3. The van der Waals surface area contributed by atoms with Crippen molar-refractivity contribution in [1.82, 2.24) is 4.90 Å². The fraction of sp³-hybridized carbons (Fsp3) is 0.500. The Morgan fingerprint density at radius 3 is 2.35 bits per heavy atom. The van der Waals surface area contributed by atoms with E-state index < -0.39 is 0 Å². The predicted molar refractivity (Wildman–Crippen MR) is 80.4 cm³/mol. The van der Waals surface area contributed by atoms with Gasteiger partial charge in [-0.15, -0.1) is 0 Å². The number of hydrogen-bond donors (Lipinski definition) is 0. The largest absolute Gasteiger partial charge is 0.296 e. The highest BCUT2D eigenvalue weighted by atomic mass is 127. The minimum absolute atomic E-state index is 0.212. The molecule has 94 valence electrons. The average Bonchev–Trinajstić information content (AvgIpc) is 2.28. The molecule has 0 amide bonds. The lowest BCUT2D eigenvalue weighted by atomic mass is 10.1.